The Balaban J connectivity index is 2.56. The topological polar surface area (TPSA) is 131 Å². The van der Waals surface area contributed by atoms with Crippen molar-refractivity contribution in [3.8, 4) is 12.3 Å². The van der Waals surface area contributed by atoms with E-state index in [0.717, 1.165) is 5.56 Å². The normalized spacial score (nSPS) is 13.2. The summed E-state index contributed by atoms with van der Waals surface area (Å²) >= 11 is 0. The summed E-state index contributed by atoms with van der Waals surface area (Å²) in [5.41, 5.74) is 6.34. The number of hydrogen-bond donors (Lipinski definition) is 3. The summed E-state index contributed by atoms with van der Waals surface area (Å²) in [7, 11) is 0. The number of nitrogens with two attached hydrogens (primary N) is 1. The zero-order chi connectivity index (χ0) is 29.2. The molecule has 2 aromatic carbocycles. The van der Waals surface area contributed by atoms with Crippen molar-refractivity contribution in [2.24, 2.45) is 5.73 Å². The molecular weight excluding hydrogens is 496 g/mol. The third-order valence-corrected chi connectivity index (χ3v) is 5.96. The van der Waals surface area contributed by atoms with Crippen LogP contribution in [0, 0.1) is 12.3 Å². The average molecular weight is 535 g/mol. The molecule has 0 aliphatic heterocycles. The highest BCUT2D eigenvalue weighted by atomic mass is 16.6. The van der Waals surface area contributed by atoms with Gasteiger partial charge in [0.15, 0.2) is 0 Å². The maximum absolute atomic E-state index is 14.1. The van der Waals surface area contributed by atoms with Crippen molar-refractivity contribution in [1.82, 2.24) is 15.5 Å². The summed E-state index contributed by atoms with van der Waals surface area (Å²) in [6.45, 7) is 8.88. The van der Waals surface area contributed by atoms with Gasteiger partial charge in [-0.05, 0) is 51.3 Å². The molecule has 0 bridgehead atoms. The lowest BCUT2D eigenvalue weighted by Crippen LogP contribution is -2.56. The number of amides is 4. The molecule has 0 saturated carbocycles. The van der Waals surface area contributed by atoms with Crippen molar-refractivity contribution in [2.75, 3.05) is 0 Å². The molecule has 0 aliphatic rings. The van der Waals surface area contributed by atoms with Gasteiger partial charge in [-0.3, -0.25) is 14.4 Å². The number of hydrogen-bond acceptors (Lipinski definition) is 5. The van der Waals surface area contributed by atoms with Gasteiger partial charge in [0.1, 0.15) is 17.7 Å². The number of nitrogens with one attached hydrogen (secondary N) is 2. The number of carbonyl (C=O) groups excluding carboxylic acids is 4. The van der Waals surface area contributed by atoms with Crippen LogP contribution in [0.2, 0.25) is 0 Å². The van der Waals surface area contributed by atoms with Crippen LogP contribution in [0.5, 0.6) is 0 Å². The Bertz CT molecular complexity index is 1200. The number of carbonyl (C=O) groups is 4. The highest BCUT2D eigenvalue weighted by Gasteiger charge is 2.39. The lowest BCUT2D eigenvalue weighted by molar-refractivity contribution is -0.146. The van der Waals surface area contributed by atoms with E-state index in [1.807, 2.05) is 37.3 Å². The van der Waals surface area contributed by atoms with Gasteiger partial charge in [0.25, 0.3) is 0 Å². The summed E-state index contributed by atoms with van der Waals surface area (Å²) in [5, 5.41) is 5.38. The lowest BCUT2D eigenvalue weighted by Gasteiger charge is -2.38. The quantitative estimate of drug-likeness (QED) is 0.380. The molecule has 3 atom stereocenters. The maximum atomic E-state index is 14.1. The second-order valence-corrected chi connectivity index (χ2v) is 10.2. The Morgan fingerprint density at radius 3 is 2.23 bits per heavy atom. The summed E-state index contributed by atoms with van der Waals surface area (Å²) in [4.78, 5) is 53.8. The highest BCUT2D eigenvalue weighted by molar-refractivity contribution is 5.95. The largest absolute Gasteiger partial charge is 0.444 e. The first-order chi connectivity index (χ1) is 18.4. The van der Waals surface area contributed by atoms with Crippen LogP contribution in [0.15, 0.2) is 54.6 Å². The molecule has 0 aromatic heterocycles. The third-order valence-electron chi connectivity index (χ3n) is 5.96. The Kier molecular flexibility index (Phi) is 11.1. The van der Waals surface area contributed by atoms with E-state index in [1.54, 1.807) is 52.0 Å². The molecule has 0 saturated heterocycles. The fourth-order valence-electron chi connectivity index (χ4n) is 3.99. The van der Waals surface area contributed by atoms with E-state index in [2.05, 4.69) is 16.6 Å². The van der Waals surface area contributed by atoms with Gasteiger partial charge in [-0.1, -0.05) is 61.4 Å². The fourth-order valence-corrected chi connectivity index (χ4v) is 3.99. The first-order valence-electron chi connectivity index (χ1n) is 12.8. The van der Waals surface area contributed by atoms with Crippen LogP contribution in [-0.4, -0.2) is 46.4 Å². The first-order valence-corrected chi connectivity index (χ1v) is 12.8. The van der Waals surface area contributed by atoms with Gasteiger partial charge in [0, 0.05) is 18.2 Å². The van der Waals surface area contributed by atoms with Crippen LogP contribution in [0.1, 0.15) is 70.2 Å². The molecule has 4 amide bonds. The molecule has 0 radical (unpaired) electrons. The molecule has 4 N–H and O–H groups in total. The minimum absolute atomic E-state index is 0.220. The average Bonchev–Trinajstić information content (AvgIpc) is 2.88. The molecule has 39 heavy (non-hydrogen) atoms. The van der Waals surface area contributed by atoms with E-state index >= 15 is 0 Å². The SMILES string of the molecule is C#Cc1ccccc1C(C(=O)NCc1ccccc1)N(C(=O)C(CC(N)=O)NC(=O)OC(C)(C)C)C(C)CC. The number of nitrogens with zero attached hydrogens (tertiary/aromatic N) is 1. The Hall–Kier alpha value is -4.32. The molecule has 0 aliphatic carbocycles. The molecule has 2 aromatic rings. The van der Waals surface area contributed by atoms with E-state index in [-0.39, 0.29) is 6.54 Å². The maximum Gasteiger partial charge on any atom is 0.408 e. The van der Waals surface area contributed by atoms with Gasteiger partial charge >= 0.3 is 6.09 Å². The van der Waals surface area contributed by atoms with Gasteiger partial charge < -0.3 is 26.0 Å². The number of ether oxygens (including phenoxy) is 1. The minimum atomic E-state index is -1.37. The van der Waals surface area contributed by atoms with Crippen molar-refractivity contribution >= 4 is 23.8 Å². The molecule has 0 spiro atoms. The summed E-state index contributed by atoms with van der Waals surface area (Å²) < 4.78 is 5.30. The zero-order valence-corrected chi connectivity index (χ0v) is 23.2. The van der Waals surface area contributed by atoms with E-state index in [4.69, 9.17) is 16.9 Å². The van der Waals surface area contributed by atoms with Crippen molar-refractivity contribution in [2.45, 2.75) is 77.7 Å². The van der Waals surface area contributed by atoms with Crippen LogP contribution < -0.4 is 16.4 Å². The molecule has 0 fully saturated rings. The summed E-state index contributed by atoms with van der Waals surface area (Å²) in [6.07, 6.45) is 4.87. The second kappa shape index (κ2) is 14.0. The monoisotopic (exact) mass is 534 g/mol. The van der Waals surface area contributed by atoms with Crippen molar-refractivity contribution in [3.05, 3.63) is 71.3 Å². The summed E-state index contributed by atoms with van der Waals surface area (Å²) in [6, 6.07) is 13.2. The fraction of sp³-hybridized carbons (Fsp3) is 0.400. The molecular formula is C30H38N4O5. The van der Waals surface area contributed by atoms with Crippen LogP contribution >= 0.6 is 0 Å². The third kappa shape index (κ3) is 9.18. The number of benzene rings is 2. The molecule has 3 unspecified atom stereocenters. The standard InChI is InChI=1S/C30H38N4O5/c1-7-20(3)34(28(37)24(18-25(31)35)33-29(38)39-30(4,5)6)26(23-17-13-12-16-22(23)8-2)27(36)32-19-21-14-10-9-11-15-21/h2,9-17,20,24,26H,7,18-19H2,1,3-6H3,(H2,31,35)(H,32,36)(H,33,38). The number of primary amides is 1. The van der Waals surface area contributed by atoms with Crippen LogP contribution in [0.4, 0.5) is 4.79 Å². The molecule has 2 rings (SSSR count). The number of alkyl carbamates (subject to hydrolysis) is 1. The molecule has 9 heteroatoms. The number of rotatable bonds is 11. The Morgan fingerprint density at radius 2 is 1.67 bits per heavy atom. The van der Waals surface area contributed by atoms with E-state index in [1.165, 1.54) is 4.90 Å². The first kappa shape index (κ1) is 30.9. The van der Waals surface area contributed by atoms with Crippen LogP contribution in [-0.2, 0) is 25.7 Å². The zero-order valence-electron chi connectivity index (χ0n) is 23.2. The Labute approximate surface area is 230 Å². The highest BCUT2D eigenvalue weighted by Crippen LogP contribution is 2.29. The van der Waals surface area contributed by atoms with Gasteiger partial charge in [0.2, 0.25) is 17.7 Å². The predicted octanol–water partition coefficient (Wildman–Crippen LogP) is 3.42. The van der Waals surface area contributed by atoms with E-state index in [9.17, 15) is 19.2 Å². The van der Waals surface area contributed by atoms with Crippen molar-refractivity contribution < 1.29 is 23.9 Å². The molecule has 0 heterocycles. The smallest absolute Gasteiger partial charge is 0.408 e. The molecule has 9 nitrogen and oxygen atoms in total. The van der Waals surface area contributed by atoms with Crippen LogP contribution in [0.3, 0.4) is 0 Å². The number of terminal acetylenes is 1. The van der Waals surface area contributed by atoms with Crippen molar-refractivity contribution in [3.63, 3.8) is 0 Å². The Morgan fingerprint density at radius 1 is 1.05 bits per heavy atom. The second-order valence-electron chi connectivity index (χ2n) is 10.2. The van der Waals surface area contributed by atoms with Gasteiger partial charge in [0.05, 0.1) is 6.42 Å². The van der Waals surface area contributed by atoms with E-state index in [0.29, 0.717) is 17.5 Å². The summed E-state index contributed by atoms with van der Waals surface area (Å²) in [5.74, 6) is 0.657. The van der Waals surface area contributed by atoms with Gasteiger partial charge in [-0.25, -0.2) is 4.79 Å². The lowest BCUT2D eigenvalue weighted by atomic mass is 9.95. The van der Waals surface area contributed by atoms with Gasteiger partial charge in [-0.2, -0.15) is 0 Å². The van der Waals surface area contributed by atoms with Crippen LogP contribution in [0.25, 0.3) is 0 Å². The minimum Gasteiger partial charge on any atom is -0.444 e. The van der Waals surface area contributed by atoms with Crippen molar-refractivity contribution in [1.29, 1.82) is 0 Å². The van der Waals surface area contributed by atoms with E-state index < -0.39 is 54.0 Å². The van der Waals surface area contributed by atoms with Gasteiger partial charge in [-0.15, -0.1) is 6.42 Å². The molecule has 208 valence electrons. The predicted molar refractivity (Wildman–Crippen MR) is 149 cm³/mol.